The van der Waals surface area contributed by atoms with Crippen LogP contribution in [0.15, 0.2) is 83.8 Å². The molecule has 0 spiro atoms. The lowest BCUT2D eigenvalue weighted by atomic mass is 9.95. The lowest BCUT2D eigenvalue weighted by Gasteiger charge is -2.37. The predicted octanol–water partition coefficient (Wildman–Crippen LogP) is 7.41. The summed E-state index contributed by atoms with van der Waals surface area (Å²) in [5, 5.41) is 7.54. The number of H-pyrrole nitrogens is 1. The number of pyridine rings is 2. The first-order valence-electron chi connectivity index (χ1n) is 22.1. The number of aromatic amines is 1. The van der Waals surface area contributed by atoms with E-state index in [1.165, 1.54) is 0 Å². The van der Waals surface area contributed by atoms with Crippen LogP contribution in [0.25, 0.3) is 33.1 Å². The fourth-order valence-corrected chi connectivity index (χ4v) is 9.15. The van der Waals surface area contributed by atoms with Crippen molar-refractivity contribution in [3.05, 3.63) is 123 Å². The fourth-order valence-electron chi connectivity index (χ4n) is 9.15. The van der Waals surface area contributed by atoms with Gasteiger partial charge in [0.15, 0.2) is 0 Å². The molecule has 0 aliphatic carbocycles. The highest BCUT2D eigenvalue weighted by Gasteiger charge is 2.31. The molecule has 3 aromatic heterocycles. The third kappa shape index (κ3) is 9.54. The third-order valence-electron chi connectivity index (χ3n) is 12.4. The highest BCUT2D eigenvalue weighted by atomic mass is 16.5. The van der Waals surface area contributed by atoms with E-state index in [1.807, 2.05) is 73.9 Å². The van der Waals surface area contributed by atoms with Crippen LogP contribution in [-0.2, 0) is 32.0 Å². The maximum absolute atomic E-state index is 13.9. The molecule has 0 bridgehead atoms. The summed E-state index contributed by atoms with van der Waals surface area (Å²) in [6.07, 6.45) is 5.91. The Morgan fingerprint density at radius 1 is 0.921 bits per heavy atom. The number of imide groups is 1. The zero-order valence-corrected chi connectivity index (χ0v) is 36.6. The number of aromatic nitrogens is 3. The van der Waals surface area contributed by atoms with E-state index < -0.39 is 6.04 Å². The summed E-state index contributed by atoms with van der Waals surface area (Å²) in [6, 6.07) is 24.0. The highest BCUT2D eigenvalue weighted by molar-refractivity contribution is 6.09. The molecule has 3 N–H and O–H groups in total. The Balaban J connectivity index is 0.892. The van der Waals surface area contributed by atoms with Crippen molar-refractivity contribution in [2.45, 2.75) is 84.8 Å². The first-order valence-corrected chi connectivity index (χ1v) is 22.1. The number of nitrogens with zero attached hydrogens (tertiary/aromatic N) is 3. The molecule has 13 nitrogen and oxygen atoms in total. The number of hydrogen-bond acceptors (Lipinski definition) is 9. The number of benzene rings is 3. The third-order valence-corrected chi connectivity index (χ3v) is 12.4. The van der Waals surface area contributed by atoms with E-state index in [1.54, 1.807) is 6.20 Å². The van der Waals surface area contributed by atoms with E-state index in [0.29, 0.717) is 63.0 Å². The van der Waals surface area contributed by atoms with Gasteiger partial charge in [-0.1, -0.05) is 24.3 Å². The smallest absolute Gasteiger partial charge is 0.253 e. The van der Waals surface area contributed by atoms with Gasteiger partial charge in [-0.25, -0.2) is 4.98 Å². The average Bonchev–Trinajstić information content (AvgIpc) is 3.60. The van der Waals surface area contributed by atoms with Crippen molar-refractivity contribution >= 4 is 45.3 Å². The maximum Gasteiger partial charge on any atom is 0.253 e. The van der Waals surface area contributed by atoms with Crippen molar-refractivity contribution in [3.8, 4) is 16.9 Å². The SMILES string of the molecule is CCN(c1cc(-c2ccc(OCCOCCCc3ccc4c5cccnc5n(C5CCC(=O)NC5=O)c4c3)cc2)cc(C(=O)NCc2c(C)cc(C)[nH]c2=O)c1C)C1CCOCC1. The molecular formula is C50H56N6O7. The van der Waals surface area contributed by atoms with E-state index in [2.05, 4.69) is 56.7 Å². The molecule has 63 heavy (non-hydrogen) atoms. The number of piperidine rings is 1. The number of anilines is 1. The predicted molar refractivity (Wildman–Crippen MR) is 244 cm³/mol. The van der Waals surface area contributed by atoms with Crippen LogP contribution in [-0.4, -0.2) is 77.9 Å². The minimum atomic E-state index is -0.498. The summed E-state index contributed by atoms with van der Waals surface area (Å²) in [7, 11) is 0. The van der Waals surface area contributed by atoms with Gasteiger partial charge < -0.3 is 34.0 Å². The molecule has 1 atom stereocenters. The van der Waals surface area contributed by atoms with E-state index in [0.717, 1.165) is 99.1 Å². The maximum atomic E-state index is 13.9. The highest BCUT2D eigenvalue weighted by Crippen LogP contribution is 2.36. The van der Waals surface area contributed by atoms with Crippen LogP contribution in [0, 0.1) is 20.8 Å². The number of nitrogens with one attached hydrogen (secondary N) is 3. The van der Waals surface area contributed by atoms with Crippen molar-refractivity contribution in [2.75, 3.05) is 44.5 Å². The van der Waals surface area contributed by atoms with Gasteiger partial charge in [-0.05, 0) is 136 Å². The van der Waals surface area contributed by atoms with Gasteiger partial charge in [0.2, 0.25) is 11.8 Å². The lowest BCUT2D eigenvalue weighted by molar-refractivity contribution is -0.135. The van der Waals surface area contributed by atoms with Gasteiger partial charge in [-0.3, -0.25) is 24.5 Å². The fraction of sp³-hybridized carbons (Fsp3) is 0.380. The number of amides is 3. The average molecular weight is 853 g/mol. The first kappa shape index (κ1) is 43.3. The summed E-state index contributed by atoms with van der Waals surface area (Å²) in [6.45, 7) is 11.6. The first-order chi connectivity index (χ1) is 30.6. The second kappa shape index (κ2) is 19.4. The molecule has 2 aliphatic heterocycles. The van der Waals surface area contributed by atoms with Crippen molar-refractivity contribution in [2.24, 2.45) is 0 Å². The standard InChI is InChI=1S/C50H56N6O7/c1-5-55(37-18-22-62-23-19-37)44-29-36(28-41(33(44)4)48(58)52-30-42-31(2)26-32(3)53-49(42)59)35-11-13-38(14-12-35)63-25-24-61-21-7-8-34-10-15-39-40-9-6-20-51-47(40)56(45(39)27-34)43-16-17-46(57)54-50(43)60/h6,9-15,20,26-29,37,43H,5,7-8,16-19,21-25,30H2,1-4H3,(H,52,58)(H,53,59)(H,54,57,60). The Hall–Kier alpha value is -6.31. The monoisotopic (exact) mass is 852 g/mol. The molecule has 1 unspecified atom stereocenters. The second-order valence-electron chi connectivity index (χ2n) is 16.6. The summed E-state index contributed by atoms with van der Waals surface area (Å²) in [5.74, 6) is -0.0441. The molecule has 328 valence electrons. The van der Waals surface area contributed by atoms with Crippen LogP contribution in [0.4, 0.5) is 5.69 Å². The number of fused-ring (bicyclic) bond motifs is 3. The van der Waals surface area contributed by atoms with Crippen molar-refractivity contribution in [1.82, 2.24) is 25.2 Å². The molecule has 2 saturated heterocycles. The minimum Gasteiger partial charge on any atom is -0.491 e. The van der Waals surface area contributed by atoms with Gasteiger partial charge in [-0.2, -0.15) is 0 Å². The van der Waals surface area contributed by atoms with E-state index in [-0.39, 0.29) is 29.8 Å². The Morgan fingerprint density at radius 2 is 1.73 bits per heavy atom. The van der Waals surface area contributed by atoms with E-state index >= 15 is 0 Å². The van der Waals surface area contributed by atoms with Crippen molar-refractivity contribution < 1.29 is 28.6 Å². The quantitative estimate of drug-likeness (QED) is 0.0667. The zero-order chi connectivity index (χ0) is 44.0. The molecule has 2 aliphatic rings. The lowest BCUT2D eigenvalue weighted by Crippen LogP contribution is -2.41. The number of aryl methyl sites for hydroxylation is 3. The minimum absolute atomic E-state index is 0.127. The molecular weight excluding hydrogens is 797 g/mol. The van der Waals surface area contributed by atoms with Gasteiger partial charge >= 0.3 is 0 Å². The number of carbonyl (C=O) groups excluding carboxylic acids is 3. The largest absolute Gasteiger partial charge is 0.491 e. The van der Waals surface area contributed by atoms with Crippen LogP contribution in [0.3, 0.4) is 0 Å². The van der Waals surface area contributed by atoms with E-state index in [4.69, 9.17) is 14.2 Å². The summed E-state index contributed by atoms with van der Waals surface area (Å²) in [4.78, 5) is 61.3. The van der Waals surface area contributed by atoms with Crippen LogP contribution in [0.5, 0.6) is 5.75 Å². The Morgan fingerprint density at radius 3 is 2.49 bits per heavy atom. The van der Waals surface area contributed by atoms with E-state index in [9.17, 15) is 19.2 Å². The van der Waals surface area contributed by atoms with Crippen LogP contribution in [0.2, 0.25) is 0 Å². The number of carbonyl (C=O) groups is 3. The van der Waals surface area contributed by atoms with Crippen molar-refractivity contribution in [1.29, 1.82) is 0 Å². The number of rotatable bonds is 16. The summed E-state index contributed by atoms with van der Waals surface area (Å²) in [5.41, 5.74) is 9.13. The molecule has 6 aromatic rings. The molecule has 5 heterocycles. The van der Waals surface area contributed by atoms with Crippen molar-refractivity contribution in [3.63, 3.8) is 0 Å². The molecule has 2 fully saturated rings. The van der Waals surface area contributed by atoms with Gasteiger partial charge in [0.05, 0.1) is 12.1 Å². The van der Waals surface area contributed by atoms with Crippen LogP contribution < -0.4 is 25.8 Å². The topological polar surface area (TPSA) is 157 Å². The van der Waals surface area contributed by atoms with Gasteiger partial charge in [0.25, 0.3) is 11.5 Å². The Bertz CT molecular complexity index is 2700. The molecule has 3 amide bonds. The Labute approximate surface area is 367 Å². The second-order valence-corrected chi connectivity index (χ2v) is 16.6. The summed E-state index contributed by atoms with van der Waals surface area (Å²) >= 11 is 0. The normalized spacial score (nSPS) is 15.8. The molecule has 0 radical (unpaired) electrons. The van der Waals surface area contributed by atoms with Crippen LogP contribution in [0.1, 0.15) is 83.4 Å². The molecule has 13 heteroatoms. The van der Waals surface area contributed by atoms with Gasteiger partial charge in [-0.15, -0.1) is 0 Å². The molecule has 3 aromatic carbocycles. The Kier molecular flexibility index (Phi) is 13.3. The van der Waals surface area contributed by atoms with Gasteiger partial charge in [0.1, 0.15) is 24.0 Å². The zero-order valence-electron chi connectivity index (χ0n) is 36.6. The van der Waals surface area contributed by atoms with Gasteiger partial charge in [0, 0.05) is 84.9 Å². The molecule has 0 saturated carbocycles. The summed E-state index contributed by atoms with van der Waals surface area (Å²) < 4.78 is 19.7. The van der Waals surface area contributed by atoms with Crippen LogP contribution >= 0.6 is 0 Å². The molecule has 8 rings (SSSR count). The number of ether oxygens (including phenoxy) is 3. The number of hydrogen-bond donors (Lipinski definition) is 3.